The first-order chi connectivity index (χ1) is 17.2. The van der Waals surface area contributed by atoms with E-state index in [9.17, 15) is 4.79 Å². The molecule has 2 heterocycles. The summed E-state index contributed by atoms with van der Waals surface area (Å²) in [4.78, 5) is 17.2. The van der Waals surface area contributed by atoms with Crippen LogP contribution in [-0.2, 0) is 17.9 Å². The predicted octanol–water partition coefficient (Wildman–Crippen LogP) is 6.58. The minimum Gasteiger partial charge on any atom is -0.352 e. The van der Waals surface area contributed by atoms with Crippen molar-refractivity contribution in [3.8, 4) is 0 Å². The lowest BCUT2D eigenvalue weighted by Gasteiger charge is -2.17. The summed E-state index contributed by atoms with van der Waals surface area (Å²) in [7, 11) is 0. The summed E-state index contributed by atoms with van der Waals surface area (Å²) < 4.78 is 2.28. The lowest BCUT2D eigenvalue weighted by atomic mass is 9.88. The summed E-state index contributed by atoms with van der Waals surface area (Å²) in [5.41, 5.74) is 5.62. The lowest BCUT2D eigenvalue weighted by molar-refractivity contribution is -0.121. The highest BCUT2D eigenvalue weighted by molar-refractivity contribution is 6.30. The second-order valence-electron chi connectivity index (χ2n) is 8.66. The minimum atomic E-state index is -0.105. The second kappa shape index (κ2) is 10.6. The molecular formula is C30H26ClN3O. The largest absolute Gasteiger partial charge is 0.352 e. The number of fused-ring (bicyclic) bond motifs is 1. The predicted molar refractivity (Wildman–Crippen MR) is 141 cm³/mol. The molecule has 0 bridgehead atoms. The first-order valence-electron chi connectivity index (χ1n) is 11.7. The van der Waals surface area contributed by atoms with Crippen molar-refractivity contribution in [1.29, 1.82) is 0 Å². The van der Waals surface area contributed by atoms with Crippen LogP contribution >= 0.6 is 11.6 Å². The van der Waals surface area contributed by atoms with Gasteiger partial charge in [0.1, 0.15) is 0 Å². The third-order valence-electron chi connectivity index (χ3n) is 6.29. The summed E-state index contributed by atoms with van der Waals surface area (Å²) in [5, 5.41) is 4.91. The van der Waals surface area contributed by atoms with Gasteiger partial charge >= 0.3 is 0 Å². The number of halogens is 1. The van der Waals surface area contributed by atoms with Crippen molar-refractivity contribution in [3.05, 3.63) is 137 Å². The summed E-state index contributed by atoms with van der Waals surface area (Å²) in [5.74, 6) is -0.103. The number of nitrogens with one attached hydrogen (secondary N) is 1. The highest BCUT2D eigenvalue weighted by Crippen LogP contribution is 2.35. The van der Waals surface area contributed by atoms with Crippen molar-refractivity contribution in [3.63, 3.8) is 0 Å². The van der Waals surface area contributed by atoms with Gasteiger partial charge in [-0.1, -0.05) is 72.3 Å². The SMILES string of the molecule is O=C(CC(c1ccc(Cl)cc1)c1cn(Cc2ccccc2)c2ccccc12)NCc1ccncc1. The average molecular weight is 480 g/mol. The number of para-hydroxylation sites is 1. The Morgan fingerprint density at radius 2 is 1.57 bits per heavy atom. The van der Waals surface area contributed by atoms with E-state index >= 15 is 0 Å². The van der Waals surface area contributed by atoms with Crippen molar-refractivity contribution < 1.29 is 4.79 Å². The molecule has 0 radical (unpaired) electrons. The van der Waals surface area contributed by atoms with E-state index in [0.717, 1.165) is 34.1 Å². The van der Waals surface area contributed by atoms with Crippen molar-refractivity contribution in [2.45, 2.75) is 25.4 Å². The molecule has 0 saturated carbocycles. The molecule has 0 aliphatic rings. The van der Waals surface area contributed by atoms with E-state index in [0.29, 0.717) is 18.0 Å². The molecule has 0 spiro atoms. The van der Waals surface area contributed by atoms with Crippen LogP contribution in [0.3, 0.4) is 0 Å². The molecule has 0 fully saturated rings. The van der Waals surface area contributed by atoms with Gasteiger partial charge in [-0.05, 0) is 52.6 Å². The van der Waals surface area contributed by atoms with E-state index in [-0.39, 0.29) is 11.8 Å². The second-order valence-corrected chi connectivity index (χ2v) is 9.09. The number of rotatable bonds is 8. The molecule has 5 heteroatoms. The highest BCUT2D eigenvalue weighted by atomic mass is 35.5. The number of hydrogen-bond donors (Lipinski definition) is 1. The quantitative estimate of drug-likeness (QED) is 0.273. The number of carbonyl (C=O) groups excluding carboxylic acids is 1. The van der Waals surface area contributed by atoms with Gasteiger partial charge in [0.05, 0.1) is 0 Å². The number of hydrogen-bond acceptors (Lipinski definition) is 2. The average Bonchev–Trinajstić information content (AvgIpc) is 3.26. The van der Waals surface area contributed by atoms with Gasteiger partial charge in [-0.25, -0.2) is 0 Å². The maximum Gasteiger partial charge on any atom is 0.221 e. The van der Waals surface area contributed by atoms with Crippen molar-refractivity contribution >= 4 is 28.4 Å². The number of aromatic nitrogens is 2. The van der Waals surface area contributed by atoms with Gasteiger partial charge in [-0.3, -0.25) is 9.78 Å². The Bertz CT molecular complexity index is 1410. The van der Waals surface area contributed by atoms with Crippen molar-refractivity contribution in [2.75, 3.05) is 0 Å². The van der Waals surface area contributed by atoms with Crippen LogP contribution < -0.4 is 5.32 Å². The Labute approximate surface area is 210 Å². The Kier molecular flexibility index (Phi) is 6.92. The van der Waals surface area contributed by atoms with E-state index in [2.05, 4.69) is 69.6 Å². The zero-order valence-electron chi connectivity index (χ0n) is 19.3. The number of benzene rings is 3. The van der Waals surface area contributed by atoms with Gasteiger partial charge < -0.3 is 9.88 Å². The normalized spacial score (nSPS) is 11.9. The molecule has 1 unspecified atom stereocenters. The number of amides is 1. The summed E-state index contributed by atoms with van der Waals surface area (Å²) in [6, 6.07) is 30.5. The van der Waals surface area contributed by atoms with Gasteiger partial charge in [0, 0.05) is 59.9 Å². The van der Waals surface area contributed by atoms with Crippen LogP contribution in [0.2, 0.25) is 5.02 Å². The molecular weight excluding hydrogens is 454 g/mol. The Hall–Kier alpha value is -3.89. The smallest absolute Gasteiger partial charge is 0.221 e. The zero-order valence-corrected chi connectivity index (χ0v) is 20.0. The van der Waals surface area contributed by atoms with E-state index < -0.39 is 0 Å². The maximum atomic E-state index is 13.1. The van der Waals surface area contributed by atoms with Crippen LogP contribution in [0.1, 0.15) is 34.6 Å². The van der Waals surface area contributed by atoms with Crippen LogP contribution in [0.4, 0.5) is 0 Å². The molecule has 4 nitrogen and oxygen atoms in total. The number of pyridine rings is 1. The lowest BCUT2D eigenvalue weighted by Crippen LogP contribution is -2.25. The Balaban J connectivity index is 1.49. The van der Waals surface area contributed by atoms with Crippen molar-refractivity contribution in [2.24, 2.45) is 0 Å². The standard InChI is InChI=1S/C30H26ClN3O/c31-25-12-10-24(11-13-25)27(18-30(35)33-19-22-14-16-32-17-15-22)28-21-34(20-23-6-2-1-3-7-23)29-9-5-4-8-26(28)29/h1-17,21,27H,18-20H2,(H,33,35). The van der Waals surface area contributed by atoms with Gasteiger partial charge in [0.15, 0.2) is 0 Å². The third kappa shape index (κ3) is 5.44. The van der Waals surface area contributed by atoms with Crippen LogP contribution in [0.5, 0.6) is 0 Å². The molecule has 35 heavy (non-hydrogen) atoms. The van der Waals surface area contributed by atoms with Gasteiger partial charge in [-0.15, -0.1) is 0 Å². The summed E-state index contributed by atoms with van der Waals surface area (Å²) >= 11 is 6.19. The highest BCUT2D eigenvalue weighted by Gasteiger charge is 2.23. The van der Waals surface area contributed by atoms with Crippen molar-refractivity contribution in [1.82, 2.24) is 14.9 Å². The third-order valence-corrected chi connectivity index (χ3v) is 6.54. The van der Waals surface area contributed by atoms with Gasteiger partial charge in [0.25, 0.3) is 0 Å². The molecule has 1 amide bonds. The molecule has 0 aliphatic carbocycles. The topological polar surface area (TPSA) is 46.9 Å². The molecule has 0 aliphatic heterocycles. The van der Waals surface area contributed by atoms with E-state index in [1.165, 1.54) is 5.56 Å². The molecule has 0 saturated heterocycles. The summed E-state index contributed by atoms with van der Waals surface area (Å²) in [6.45, 7) is 1.24. The van der Waals surface area contributed by atoms with E-state index in [4.69, 9.17) is 11.6 Å². The molecule has 1 N–H and O–H groups in total. The first-order valence-corrected chi connectivity index (χ1v) is 12.1. The molecule has 5 aromatic rings. The zero-order chi connectivity index (χ0) is 24.0. The van der Waals surface area contributed by atoms with Gasteiger partial charge in [-0.2, -0.15) is 0 Å². The maximum absolute atomic E-state index is 13.1. The molecule has 5 rings (SSSR count). The fourth-order valence-corrected chi connectivity index (χ4v) is 4.65. The number of carbonyl (C=O) groups is 1. The Morgan fingerprint density at radius 3 is 2.34 bits per heavy atom. The van der Waals surface area contributed by atoms with Gasteiger partial charge in [0.2, 0.25) is 5.91 Å². The fourth-order valence-electron chi connectivity index (χ4n) is 4.53. The molecule has 174 valence electrons. The van der Waals surface area contributed by atoms with Crippen LogP contribution in [0, 0.1) is 0 Å². The minimum absolute atomic E-state index is 0.00153. The molecule has 2 aromatic heterocycles. The monoisotopic (exact) mass is 479 g/mol. The molecule has 3 aromatic carbocycles. The van der Waals surface area contributed by atoms with E-state index in [1.807, 2.05) is 42.5 Å². The Morgan fingerprint density at radius 1 is 0.857 bits per heavy atom. The molecule has 1 atom stereocenters. The summed E-state index contributed by atoms with van der Waals surface area (Å²) in [6.07, 6.45) is 6.01. The van der Waals surface area contributed by atoms with Crippen LogP contribution in [0.15, 0.2) is 110 Å². The van der Waals surface area contributed by atoms with Crippen LogP contribution in [-0.4, -0.2) is 15.5 Å². The first kappa shape index (κ1) is 22.9. The van der Waals surface area contributed by atoms with E-state index in [1.54, 1.807) is 12.4 Å². The van der Waals surface area contributed by atoms with Crippen LogP contribution in [0.25, 0.3) is 10.9 Å². The number of nitrogens with zero attached hydrogens (tertiary/aromatic N) is 2. The fraction of sp³-hybridized carbons (Fsp3) is 0.133.